The topological polar surface area (TPSA) is 0 Å². The maximum absolute atomic E-state index is 12.2. The van der Waals surface area contributed by atoms with E-state index in [4.69, 9.17) is 0 Å². The van der Waals surface area contributed by atoms with Crippen molar-refractivity contribution in [2.45, 2.75) is 0 Å². The average molecular weight is 237 g/mol. The van der Waals surface area contributed by atoms with Crippen LogP contribution in [0.1, 0.15) is 2.85 Å². The quantitative estimate of drug-likeness (QED) is 0.370. The molecule has 1 aromatic carbocycles. The smallest absolute Gasteiger partial charge is 1.00 e. The van der Waals surface area contributed by atoms with Gasteiger partial charge in [0.1, 0.15) is 0 Å². The second kappa shape index (κ2) is 4.32. The third-order valence-electron chi connectivity index (χ3n) is 0.949. The minimum absolute atomic E-state index is 0. The first kappa shape index (κ1) is 11.3. The second-order valence-electron chi connectivity index (χ2n) is 1.68. The molecule has 0 radical (unpaired) electrons. The summed E-state index contributed by atoms with van der Waals surface area (Å²) in [5, 5.41) is 0. The summed E-state index contributed by atoms with van der Waals surface area (Å²) in [5.41, 5.74) is 0. The van der Waals surface area contributed by atoms with Crippen molar-refractivity contribution in [1.29, 1.82) is 0 Å². The van der Waals surface area contributed by atoms with Crippen molar-refractivity contribution in [1.82, 2.24) is 0 Å². The summed E-state index contributed by atoms with van der Waals surface area (Å²) in [6, 6.07) is 1.72. The number of hydrogen-bond acceptors (Lipinski definition) is 0. The summed E-state index contributed by atoms with van der Waals surface area (Å²) in [4.78, 5) is 0. The Hall–Kier alpha value is 0.256. The molecule has 0 spiro atoms. The van der Waals surface area contributed by atoms with Gasteiger partial charge in [0.05, 0.1) is 0 Å². The largest absolute Gasteiger partial charge is 2.00 e. The van der Waals surface area contributed by atoms with E-state index in [1.807, 2.05) is 0 Å². The fourth-order valence-electron chi connectivity index (χ4n) is 0.525. The molecule has 58 valence electrons. The van der Waals surface area contributed by atoms with E-state index >= 15 is 0 Å². The predicted molar refractivity (Wildman–Crippen MR) is 42.0 cm³/mol. The molecule has 1 aromatic rings. The zero-order chi connectivity index (χ0) is 7.72. The van der Waals surface area contributed by atoms with Crippen molar-refractivity contribution in [2.24, 2.45) is 0 Å². The van der Waals surface area contributed by atoms with Crippen LogP contribution in [-0.2, 0) is 0 Å². The maximum Gasteiger partial charge on any atom is 2.00 e. The molecule has 0 aromatic heterocycles. The van der Waals surface area contributed by atoms with E-state index in [1.54, 1.807) is 0 Å². The van der Waals surface area contributed by atoms with E-state index in [0.29, 0.717) is 0 Å². The van der Waals surface area contributed by atoms with Crippen molar-refractivity contribution >= 4 is 39.0 Å². The van der Waals surface area contributed by atoms with E-state index in [1.165, 1.54) is 0 Å². The summed E-state index contributed by atoms with van der Waals surface area (Å²) < 4.78 is 36.7. The van der Waals surface area contributed by atoms with Gasteiger partial charge in [0.15, 0.2) is 17.5 Å². The zero-order valence-electron chi connectivity index (χ0n) is 7.37. The van der Waals surface area contributed by atoms with Gasteiger partial charge in [0.25, 0.3) is 0 Å². The summed E-state index contributed by atoms with van der Waals surface area (Å²) in [5.74, 6) is -3.82. The van der Waals surface area contributed by atoms with Crippen LogP contribution in [0.3, 0.4) is 0 Å². The van der Waals surface area contributed by atoms with Gasteiger partial charge in [-0.1, -0.05) is 15.9 Å². The van der Waals surface area contributed by atoms with Crippen molar-refractivity contribution in [3.05, 3.63) is 34.1 Å². The van der Waals surface area contributed by atoms with E-state index in [-0.39, 0.29) is 30.4 Å². The van der Waals surface area contributed by atoms with E-state index in [0.717, 1.165) is 12.1 Å². The van der Waals surface area contributed by atoms with Gasteiger partial charge in [-0.15, -0.1) is 0 Å². The van der Waals surface area contributed by atoms with Gasteiger partial charge >= 0.3 is 23.1 Å². The van der Waals surface area contributed by atoms with Crippen LogP contribution in [0.5, 0.6) is 0 Å². The molecule has 0 amide bonds. The monoisotopic (exact) mass is 236 g/mol. The molecule has 0 heterocycles. The number of hydrogen-bond donors (Lipinski definition) is 0. The Balaban J connectivity index is -0.000000333. The molecule has 0 saturated carbocycles. The molecule has 11 heavy (non-hydrogen) atoms. The van der Waals surface area contributed by atoms with Crippen molar-refractivity contribution in [3.63, 3.8) is 0 Å². The van der Waals surface area contributed by atoms with Crippen LogP contribution in [0.4, 0.5) is 13.2 Å². The van der Waals surface area contributed by atoms with Crippen LogP contribution >= 0.6 is 15.9 Å². The molecule has 0 atom stereocenters. The molecule has 5 heteroatoms. The normalized spacial score (nSPS) is 9.09. The number of rotatable bonds is 0. The third-order valence-corrected chi connectivity index (χ3v) is 1.41. The van der Waals surface area contributed by atoms with Gasteiger partial charge in [-0.3, -0.25) is 0 Å². The minimum Gasteiger partial charge on any atom is -1.00 e. The van der Waals surface area contributed by atoms with Gasteiger partial charge in [-0.2, -0.15) is 0 Å². The second-order valence-corrected chi connectivity index (χ2v) is 2.60. The number of benzene rings is 1. The maximum atomic E-state index is 12.2. The SMILES string of the molecule is Fc1cc(Br)cc(F)c1F.[H-].[H-].[Mg+2]. The Morgan fingerprint density at radius 1 is 1.09 bits per heavy atom. The first-order chi connectivity index (χ1) is 4.61. The molecule has 0 aliphatic carbocycles. The minimum atomic E-state index is -1.44. The molecule has 1 rings (SSSR count). The fraction of sp³-hybridized carbons (Fsp3) is 0. The molecule has 0 fully saturated rings. The first-order valence-electron chi connectivity index (χ1n) is 2.41. The molecule has 0 bridgehead atoms. The molecule has 0 aliphatic heterocycles. The average Bonchev–Trinajstić information content (AvgIpc) is 1.82. The molecule has 0 saturated heterocycles. The van der Waals surface area contributed by atoms with Crippen molar-refractivity contribution in [3.8, 4) is 0 Å². The molecule has 0 aliphatic rings. The third kappa shape index (κ3) is 2.65. The fourth-order valence-corrected chi connectivity index (χ4v) is 0.927. The summed E-state index contributed by atoms with van der Waals surface area (Å²) in [6.45, 7) is 0. The van der Waals surface area contributed by atoms with Crippen LogP contribution in [0.25, 0.3) is 0 Å². The first-order valence-corrected chi connectivity index (χ1v) is 3.20. The van der Waals surface area contributed by atoms with Gasteiger partial charge in [-0.25, -0.2) is 13.2 Å². The zero-order valence-corrected chi connectivity index (χ0v) is 8.37. The van der Waals surface area contributed by atoms with E-state index in [9.17, 15) is 13.2 Å². The van der Waals surface area contributed by atoms with Crippen LogP contribution in [0.2, 0.25) is 0 Å². The summed E-state index contributed by atoms with van der Waals surface area (Å²) in [7, 11) is 0. The standard InChI is InChI=1S/C6H2BrF3.Mg.2H/c7-3-1-4(8)6(10)5(9)2-3;;;/h1-2H;;;/q;+2;2*-1. The van der Waals surface area contributed by atoms with Gasteiger partial charge in [0, 0.05) is 4.47 Å². The van der Waals surface area contributed by atoms with Gasteiger partial charge in [-0.05, 0) is 12.1 Å². The molecule has 0 unspecified atom stereocenters. The Morgan fingerprint density at radius 3 is 1.82 bits per heavy atom. The van der Waals surface area contributed by atoms with Crippen molar-refractivity contribution in [2.75, 3.05) is 0 Å². The van der Waals surface area contributed by atoms with E-state index < -0.39 is 17.5 Å². The Labute approximate surface area is 89.0 Å². The summed E-state index contributed by atoms with van der Waals surface area (Å²) in [6.07, 6.45) is 0. The molecular formula is C6H4BrF3Mg. The van der Waals surface area contributed by atoms with Crippen LogP contribution in [0, 0.1) is 17.5 Å². The molecule has 0 nitrogen and oxygen atoms in total. The number of halogens is 4. The Kier molecular flexibility index (Phi) is 4.42. The summed E-state index contributed by atoms with van der Waals surface area (Å²) >= 11 is 2.80. The van der Waals surface area contributed by atoms with Gasteiger partial charge < -0.3 is 2.85 Å². The molecular weight excluding hydrogens is 233 g/mol. The van der Waals surface area contributed by atoms with Crippen LogP contribution in [-0.4, -0.2) is 23.1 Å². The Bertz CT molecular complexity index is 249. The van der Waals surface area contributed by atoms with Crippen molar-refractivity contribution < 1.29 is 16.0 Å². The molecule has 0 N–H and O–H groups in total. The van der Waals surface area contributed by atoms with E-state index in [2.05, 4.69) is 15.9 Å². The predicted octanol–water partition coefficient (Wildman–Crippen LogP) is 2.71. The van der Waals surface area contributed by atoms with Crippen LogP contribution in [0.15, 0.2) is 16.6 Å². The van der Waals surface area contributed by atoms with Crippen LogP contribution < -0.4 is 0 Å². The van der Waals surface area contributed by atoms with Gasteiger partial charge in [0.2, 0.25) is 0 Å². The Morgan fingerprint density at radius 2 is 1.45 bits per heavy atom.